The van der Waals surface area contributed by atoms with Crippen LogP contribution in [-0.4, -0.2) is 31.1 Å². The van der Waals surface area contributed by atoms with Gasteiger partial charge in [-0.05, 0) is 31.7 Å². The molecule has 1 aromatic rings. The normalized spacial score (nSPS) is 20.9. The number of rotatable bonds is 3. The second-order valence-corrected chi connectivity index (χ2v) is 5.95. The fourth-order valence-electron chi connectivity index (χ4n) is 3.35. The molecule has 3 rings (SSSR count). The van der Waals surface area contributed by atoms with Crippen molar-refractivity contribution in [3.63, 3.8) is 0 Å². The Bertz CT molecular complexity index is 446. The number of hydrogen-bond donors (Lipinski definition) is 1. The van der Waals surface area contributed by atoms with Gasteiger partial charge in [-0.25, -0.2) is 4.39 Å². The van der Waals surface area contributed by atoms with E-state index in [-0.39, 0.29) is 36.7 Å². The van der Waals surface area contributed by atoms with Crippen LogP contribution >= 0.6 is 24.8 Å². The Morgan fingerprint density at radius 2 is 1.86 bits per heavy atom. The number of halogens is 3. The molecule has 1 saturated heterocycles. The third kappa shape index (κ3) is 4.10. The minimum Gasteiger partial charge on any atom is -0.314 e. The Kier molecular flexibility index (Phi) is 7.41. The topological polar surface area (TPSA) is 15.3 Å². The van der Waals surface area contributed by atoms with Crippen molar-refractivity contribution < 1.29 is 4.39 Å². The molecule has 1 N–H and O–H groups in total. The van der Waals surface area contributed by atoms with Gasteiger partial charge in [0.25, 0.3) is 0 Å². The zero-order chi connectivity index (χ0) is 13.2. The first-order valence-electron chi connectivity index (χ1n) is 7.46. The quantitative estimate of drug-likeness (QED) is 0.906. The van der Waals surface area contributed by atoms with Crippen LogP contribution in [0.4, 0.5) is 4.39 Å². The Morgan fingerprint density at radius 3 is 2.43 bits per heavy atom. The van der Waals surface area contributed by atoms with Crippen molar-refractivity contribution in [3.05, 3.63) is 35.1 Å². The van der Waals surface area contributed by atoms with Gasteiger partial charge in [0.15, 0.2) is 0 Å². The number of nitrogens with one attached hydrogen (secondary N) is 1. The zero-order valence-corrected chi connectivity index (χ0v) is 14.1. The van der Waals surface area contributed by atoms with Crippen molar-refractivity contribution in [1.29, 1.82) is 0 Å². The second kappa shape index (κ2) is 8.33. The highest BCUT2D eigenvalue weighted by Gasteiger charge is 2.34. The van der Waals surface area contributed by atoms with E-state index < -0.39 is 0 Å². The summed E-state index contributed by atoms with van der Waals surface area (Å²) in [4.78, 5) is 2.48. The predicted octanol–water partition coefficient (Wildman–Crippen LogP) is 3.72. The van der Waals surface area contributed by atoms with E-state index in [1.807, 2.05) is 6.07 Å². The molecule has 2 nitrogen and oxygen atoms in total. The first-order valence-corrected chi connectivity index (χ1v) is 7.46. The van der Waals surface area contributed by atoms with Gasteiger partial charge in [-0.2, -0.15) is 0 Å². The number of aryl methyl sites for hydroxylation is 1. The van der Waals surface area contributed by atoms with Gasteiger partial charge in [-0.15, -0.1) is 24.8 Å². The summed E-state index contributed by atoms with van der Waals surface area (Å²) in [6.45, 7) is 6.18. The molecule has 0 radical (unpaired) electrons. The highest BCUT2D eigenvalue weighted by Crippen LogP contribution is 2.42. The Labute approximate surface area is 139 Å². The van der Waals surface area contributed by atoms with Crippen LogP contribution < -0.4 is 5.32 Å². The minimum atomic E-state index is -0.0268. The van der Waals surface area contributed by atoms with Gasteiger partial charge in [0, 0.05) is 37.8 Å². The second-order valence-electron chi connectivity index (χ2n) is 5.95. The van der Waals surface area contributed by atoms with Crippen LogP contribution in [-0.2, 0) is 0 Å². The zero-order valence-electron chi connectivity index (χ0n) is 12.5. The molecule has 1 atom stereocenters. The summed E-state index contributed by atoms with van der Waals surface area (Å²) < 4.78 is 14.3. The van der Waals surface area contributed by atoms with Crippen molar-refractivity contribution in [2.75, 3.05) is 26.2 Å². The standard InChI is InChI=1S/C16H23FN2.2ClH/c1-12-5-6-15(17)14(11-12)16(13-3-2-4-13)19-9-7-18-8-10-19;;/h5-6,11,13,16,18H,2-4,7-10H2,1H3;2*1H/t16-;;/m1../s1. The van der Waals surface area contributed by atoms with Gasteiger partial charge >= 0.3 is 0 Å². The van der Waals surface area contributed by atoms with Crippen LogP contribution in [0.2, 0.25) is 0 Å². The summed E-state index contributed by atoms with van der Waals surface area (Å²) in [7, 11) is 0. The lowest BCUT2D eigenvalue weighted by atomic mass is 9.76. The van der Waals surface area contributed by atoms with E-state index in [9.17, 15) is 4.39 Å². The SMILES string of the molecule is Cc1ccc(F)c([C@@H](C2CCC2)N2CCNCC2)c1.Cl.Cl. The molecule has 1 saturated carbocycles. The van der Waals surface area contributed by atoms with E-state index >= 15 is 0 Å². The average molecular weight is 335 g/mol. The maximum absolute atomic E-state index is 14.3. The third-order valence-corrected chi connectivity index (χ3v) is 4.61. The molecule has 0 unspecified atom stereocenters. The molecule has 0 aromatic heterocycles. The van der Waals surface area contributed by atoms with Crippen molar-refractivity contribution in [3.8, 4) is 0 Å². The smallest absolute Gasteiger partial charge is 0.128 e. The van der Waals surface area contributed by atoms with Crippen LogP contribution in [0.1, 0.15) is 36.4 Å². The van der Waals surface area contributed by atoms with E-state index in [1.165, 1.54) is 19.3 Å². The fraction of sp³-hybridized carbons (Fsp3) is 0.625. The lowest BCUT2D eigenvalue weighted by Crippen LogP contribution is -2.48. The summed E-state index contributed by atoms with van der Waals surface area (Å²) in [5.41, 5.74) is 2.09. The number of hydrogen-bond acceptors (Lipinski definition) is 2. The number of piperazine rings is 1. The maximum atomic E-state index is 14.3. The number of nitrogens with zero attached hydrogens (tertiary/aromatic N) is 1. The summed E-state index contributed by atoms with van der Waals surface area (Å²) in [6.07, 6.45) is 3.81. The largest absolute Gasteiger partial charge is 0.314 e. The molecule has 5 heteroatoms. The van der Waals surface area contributed by atoms with Gasteiger partial charge < -0.3 is 5.32 Å². The lowest BCUT2D eigenvalue weighted by Gasteiger charge is -2.43. The maximum Gasteiger partial charge on any atom is 0.128 e. The average Bonchev–Trinajstić information content (AvgIpc) is 2.38. The first kappa shape index (κ1) is 18.7. The highest BCUT2D eigenvalue weighted by atomic mass is 35.5. The van der Waals surface area contributed by atoms with Crippen LogP contribution in [0.25, 0.3) is 0 Å². The van der Waals surface area contributed by atoms with E-state index in [0.29, 0.717) is 5.92 Å². The van der Waals surface area contributed by atoms with Crippen LogP contribution in [0, 0.1) is 18.7 Å². The molecular formula is C16H25Cl2FN2. The summed E-state index contributed by atoms with van der Waals surface area (Å²) in [5, 5.41) is 3.39. The van der Waals surface area contributed by atoms with E-state index in [4.69, 9.17) is 0 Å². The minimum absolute atomic E-state index is 0. The van der Waals surface area contributed by atoms with Crippen LogP contribution in [0.3, 0.4) is 0 Å². The molecule has 2 aliphatic rings. The monoisotopic (exact) mass is 334 g/mol. The molecule has 0 amide bonds. The van der Waals surface area contributed by atoms with Gasteiger partial charge in [-0.3, -0.25) is 4.90 Å². The summed E-state index contributed by atoms with van der Waals surface area (Å²) >= 11 is 0. The third-order valence-electron chi connectivity index (χ3n) is 4.61. The summed E-state index contributed by atoms with van der Waals surface area (Å²) in [5.74, 6) is 0.621. The highest BCUT2D eigenvalue weighted by molar-refractivity contribution is 5.85. The molecule has 21 heavy (non-hydrogen) atoms. The molecule has 1 aliphatic heterocycles. The Morgan fingerprint density at radius 1 is 1.19 bits per heavy atom. The molecule has 1 aliphatic carbocycles. The molecule has 1 heterocycles. The Balaban J connectivity index is 0.00000110. The van der Waals surface area contributed by atoms with Gasteiger partial charge in [0.2, 0.25) is 0 Å². The first-order chi connectivity index (χ1) is 9.25. The Hall–Kier alpha value is -0.350. The number of benzene rings is 1. The van der Waals surface area contributed by atoms with Crippen molar-refractivity contribution in [2.45, 2.75) is 32.2 Å². The van der Waals surface area contributed by atoms with E-state index in [2.05, 4.69) is 23.2 Å². The van der Waals surface area contributed by atoms with E-state index in [1.54, 1.807) is 6.07 Å². The van der Waals surface area contributed by atoms with E-state index in [0.717, 1.165) is 37.3 Å². The molecule has 0 spiro atoms. The van der Waals surface area contributed by atoms with Gasteiger partial charge in [-0.1, -0.05) is 24.1 Å². The lowest BCUT2D eigenvalue weighted by molar-refractivity contribution is 0.0811. The van der Waals surface area contributed by atoms with Crippen molar-refractivity contribution >= 4 is 24.8 Å². The molecular weight excluding hydrogens is 310 g/mol. The molecule has 2 fully saturated rings. The predicted molar refractivity (Wildman–Crippen MR) is 90.2 cm³/mol. The van der Waals surface area contributed by atoms with Crippen molar-refractivity contribution in [2.24, 2.45) is 5.92 Å². The van der Waals surface area contributed by atoms with Gasteiger partial charge in [0.1, 0.15) is 5.82 Å². The van der Waals surface area contributed by atoms with Crippen LogP contribution in [0.15, 0.2) is 18.2 Å². The van der Waals surface area contributed by atoms with Gasteiger partial charge in [0.05, 0.1) is 0 Å². The van der Waals surface area contributed by atoms with Crippen molar-refractivity contribution in [1.82, 2.24) is 10.2 Å². The van der Waals surface area contributed by atoms with Crippen LogP contribution in [0.5, 0.6) is 0 Å². The fourth-order valence-corrected chi connectivity index (χ4v) is 3.35. The summed E-state index contributed by atoms with van der Waals surface area (Å²) in [6, 6.07) is 5.85. The molecule has 1 aromatic carbocycles. The molecule has 120 valence electrons. The molecule has 0 bridgehead atoms.